The van der Waals surface area contributed by atoms with Gasteiger partial charge in [0.2, 0.25) is 0 Å². The number of hydrogen-bond donors (Lipinski definition) is 0. The lowest BCUT2D eigenvalue weighted by molar-refractivity contribution is 1.19. The summed E-state index contributed by atoms with van der Waals surface area (Å²) in [7, 11) is 0. The average Bonchev–Trinajstić information content (AvgIpc) is 2.97. The molecular weight excluding hydrogens is 262 g/mol. The van der Waals surface area contributed by atoms with Gasteiger partial charge in [0.05, 0.1) is 0 Å². The van der Waals surface area contributed by atoms with E-state index in [0.717, 1.165) is 17.5 Å². The Kier molecular flexibility index (Phi) is 3.66. The van der Waals surface area contributed by atoms with Crippen molar-refractivity contribution in [3.05, 3.63) is 71.5 Å². The van der Waals surface area contributed by atoms with Gasteiger partial charge in [0.15, 0.2) is 0 Å². The molecule has 0 aliphatic heterocycles. The van der Waals surface area contributed by atoms with Crippen LogP contribution >= 0.6 is 11.3 Å². The highest BCUT2D eigenvalue weighted by molar-refractivity contribution is 7.10. The highest BCUT2D eigenvalue weighted by Gasteiger charge is 2.09. The predicted octanol–water partition coefficient (Wildman–Crippen LogP) is 5.22. The van der Waals surface area contributed by atoms with Crippen LogP contribution in [0.5, 0.6) is 0 Å². The molecule has 2 heteroatoms. The lowest BCUT2D eigenvalue weighted by atomic mass is 9.94. The van der Waals surface area contributed by atoms with Crippen molar-refractivity contribution in [2.75, 3.05) is 0 Å². The SMILES string of the molecule is [CH2]c1c(-c2ccncc2)cccc1-c1csc(CC)c1. The maximum Gasteiger partial charge on any atom is 0.0273 e. The van der Waals surface area contributed by atoms with Crippen molar-refractivity contribution in [3.8, 4) is 22.3 Å². The quantitative estimate of drug-likeness (QED) is 0.640. The number of pyridine rings is 1. The average molecular weight is 278 g/mol. The Morgan fingerprint density at radius 2 is 1.75 bits per heavy atom. The second kappa shape index (κ2) is 5.59. The van der Waals surface area contributed by atoms with Crippen molar-refractivity contribution in [1.82, 2.24) is 4.98 Å². The monoisotopic (exact) mass is 278 g/mol. The van der Waals surface area contributed by atoms with Crippen LogP contribution < -0.4 is 0 Å². The summed E-state index contributed by atoms with van der Waals surface area (Å²) in [5, 5.41) is 2.22. The summed E-state index contributed by atoms with van der Waals surface area (Å²) in [5.74, 6) is 0. The molecule has 3 aromatic rings. The zero-order valence-corrected chi connectivity index (χ0v) is 12.3. The fourth-order valence-corrected chi connectivity index (χ4v) is 3.20. The lowest BCUT2D eigenvalue weighted by Gasteiger charge is -2.10. The van der Waals surface area contributed by atoms with E-state index in [-0.39, 0.29) is 0 Å². The molecule has 20 heavy (non-hydrogen) atoms. The molecule has 1 nitrogen and oxygen atoms in total. The second-order valence-electron chi connectivity index (χ2n) is 4.72. The van der Waals surface area contributed by atoms with Crippen molar-refractivity contribution in [1.29, 1.82) is 0 Å². The Balaban J connectivity index is 2.10. The maximum absolute atomic E-state index is 4.29. The van der Waals surface area contributed by atoms with Gasteiger partial charge in [-0.25, -0.2) is 0 Å². The van der Waals surface area contributed by atoms with Gasteiger partial charge in [-0.2, -0.15) is 0 Å². The molecule has 2 aromatic heterocycles. The first-order valence-electron chi connectivity index (χ1n) is 6.72. The van der Waals surface area contributed by atoms with E-state index >= 15 is 0 Å². The molecule has 1 radical (unpaired) electrons. The molecule has 0 aliphatic rings. The van der Waals surface area contributed by atoms with Crippen LogP contribution in [-0.2, 0) is 6.42 Å². The van der Waals surface area contributed by atoms with Crippen LogP contribution in [0.4, 0.5) is 0 Å². The fourth-order valence-electron chi connectivity index (χ4n) is 2.37. The third kappa shape index (κ3) is 2.39. The summed E-state index contributed by atoms with van der Waals surface area (Å²) in [6.07, 6.45) is 4.73. The first kappa shape index (κ1) is 13.1. The van der Waals surface area contributed by atoms with E-state index < -0.39 is 0 Å². The second-order valence-corrected chi connectivity index (χ2v) is 5.72. The number of aryl methyl sites for hydroxylation is 1. The van der Waals surface area contributed by atoms with Crippen LogP contribution in [0.1, 0.15) is 17.4 Å². The van der Waals surface area contributed by atoms with Gasteiger partial charge in [0.25, 0.3) is 0 Å². The molecule has 0 bridgehead atoms. The molecule has 2 heterocycles. The Bertz CT molecular complexity index is 713. The van der Waals surface area contributed by atoms with Crippen LogP contribution in [0.25, 0.3) is 22.3 Å². The van der Waals surface area contributed by atoms with Gasteiger partial charge in [0, 0.05) is 17.3 Å². The third-order valence-electron chi connectivity index (χ3n) is 3.48. The molecule has 0 spiro atoms. The Labute approximate surface area is 124 Å². The minimum Gasteiger partial charge on any atom is -0.265 e. The number of thiophene rings is 1. The summed E-state index contributed by atoms with van der Waals surface area (Å²) < 4.78 is 0. The zero-order chi connectivity index (χ0) is 13.9. The Morgan fingerprint density at radius 3 is 2.40 bits per heavy atom. The van der Waals surface area contributed by atoms with Gasteiger partial charge in [0.1, 0.15) is 0 Å². The number of nitrogens with zero attached hydrogens (tertiary/aromatic N) is 1. The normalized spacial score (nSPS) is 10.7. The molecule has 0 unspecified atom stereocenters. The molecule has 0 atom stereocenters. The molecule has 0 fully saturated rings. The first-order chi connectivity index (χ1) is 9.79. The Hall–Kier alpha value is -1.93. The lowest BCUT2D eigenvalue weighted by Crippen LogP contribution is -1.87. The van der Waals surface area contributed by atoms with Gasteiger partial charge in [-0.3, -0.25) is 4.98 Å². The minimum atomic E-state index is 1.08. The zero-order valence-electron chi connectivity index (χ0n) is 11.5. The van der Waals surface area contributed by atoms with Crippen molar-refractivity contribution in [2.24, 2.45) is 0 Å². The van der Waals surface area contributed by atoms with Gasteiger partial charge >= 0.3 is 0 Å². The number of benzene rings is 1. The van der Waals surface area contributed by atoms with E-state index in [1.165, 1.54) is 21.6 Å². The number of rotatable bonds is 3. The van der Waals surface area contributed by atoms with Crippen LogP contribution in [0, 0.1) is 6.92 Å². The molecule has 0 amide bonds. The number of hydrogen-bond acceptors (Lipinski definition) is 2. The molecule has 99 valence electrons. The first-order valence-corrected chi connectivity index (χ1v) is 7.60. The summed E-state index contributed by atoms with van der Waals surface area (Å²) in [5.41, 5.74) is 5.91. The van der Waals surface area contributed by atoms with E-state index in [9.17, 15) is 0 Å². The van der Waals surface area contributed by atoms with Crippen LogP contribution in [0.15, 0.2) is 54.2 Å². The van der Waals surface area contributed by atoms with E-state index in [1.54, 1.807) is 0 Å². The van der Waals surface area contributed by atoms with E-state index in [0.29, 0.717) is 0 Å². The van der Waals surface area contributed by atoms with E-state index in [1.807, 2.05) is 35.9 Å². The summed E-state index contributed by atoms with van der Waals surface area (Å²) in [6, 6.07) is 12.7. The fraction of sp³-hybridized carbons (Fsp3) is 0.111. The molecule has 0 saturated heterocycles. The van der Waals surface area contributed by atoms with Gasteiger partial charge in [-0.05, 0) is 64.7 Å². The van der Waals surface area contributed by atoms with E-state index in [4.69, 9.17) is 0 Å². The molecule has 0 saturated carbocycles. The van der Waals surface area contributed by atoms with Gasteiger partial charge in [-0.15, -0.1) is 11.3 Å². The standard InChI is InChI=1S/C18H16NS/c1-3-16-11-15(12-20-16)18-6-4-5-17(13(18)2)14-7-9-19-10-8-14/h4-12H,2-3H2,1H3. The third-order valence-corrected chi connectivity index (χ3v) is 4.56. The van der Waals surface area contributed by atoms with Crippen LogP contribution in [0.2, 0.25) is 0 Å². The van der Waals surface area contributed by atoms with Crippen molar-refractivity contribution in [2.45, 2.75) is 13.3 Å². The van der Waals surface area contributed by atoms with Crippen molar-refractivity contribution in [3.63, 3.8) is 0 Å². The number of aromatic nitrogens is 1. The topological polar surface area (TPSA) is 12.9 Å². The highest BCUT2D eigenvalue weighted by Crippen LogP contribution is 2.33. The largest absolute Gasteiger partial charge is 0.265 e. The summed E-state index contributed by atoms with van der Waals surface area (Å²) in [6.45, 7) is 6.48. The van der Waals surface area contributed by atoms with Crippen LogP contribution in [-0.4, -0.2) is 4.98 Å². The van der Waals surface area contributed by atoms with Gasteiger partial charge in [-0.1, -0.05) is 25.1 Å². The highest BCUT2D eigenvalue weighted by atomic mass is 32.1. The molecule has 1 aromatic carbocycles. The van der Waals surface area contributed by atoms with E-state index in [2.05, 4.69) is 48.5 Å². The smallest absolute Gasteiger partial charge is 0.0273 e. The van der Waals surface area contributed by atoms with Crippen molar-refractivity contribution < 1.29 is 0 Å². The van der Waals surface area contributed by atoms with Crippen molar-refractivity contribution >= 4 is 11.3 Å². The van der Waals surface area contributed by atoms with Crippen LogP contribution in [0.3, 0.4) is 0 Å². The molecule has 0 aliphatic carbocycles. The molecular formula is C18H16NS. The Morgan fingerprint density at radius 1 is 1.05 bits per heavy atom. The summed E-state index contributed by atoms with van der Waals surface area (Å²) >= 11 is 1.82. The molecule has 0 N–H and O–H groups in total. The summed E-state index contributed by atoms with van der Waals surface area (Å²) in [4.78, 5) is 5.49. The maximum atomic E-state index is 4.29. The molecule has 3 rings (SSSR count). The van der Waals surface area contributed by atoms with Gasteiger partial charge < -0.3 is 0 Å². The minimum absolute atomic E-state index is 1.08. The predicted molar refractivity (Wildman–Crippen MR) is 86.8 cm³/mol.